The maximum atomic E-state index is 12.9. The number of carbonyl (C=O) groups excluding carboxylic acids is 1. The van der Waals surface area contributed by atoms with Gasteiger partial charge in [-0.25, -0.2) is 12.8 Å². The van der Waals surface area contributed by atoms with E-state index in [1.807, 2.05) is 0 Å². The Morgan fingerprint density at radius 1 is 1.13 bits per heavy atom. The normalized spacial score (nSPS) is 24.5. The predicted molar refractivity (Wildman–Crippen MR) is 84.3 cm³/mol. The van der Waals surface area contributed by atoms with Crippen molar-refractivity contribution in [3.63, 3.8) is 0 Å². The molecule has 0 aromatic heterocycles. The van der Waals surface area contributed by atoms with E-state index in [9.17, 15) is 17.6 Å². The molecule has 23 heavy (non-hydrogen) atoms. The standard InChI is InChI=1S/C14H15Cl2FN2O3S/c15-14(16)9-12(14)13(20)18-5-7-19(8-6-18)23(21,22)11-3-1-10(17)2-4-11/h1-4,12H,5-9H2. The summed E-state index contributed by atoms with van der Waals surface area (Å²) in [7, 11) is -3.68. The summed E-state index contributed by atoms with van der Waals surface area (Å²) >= 11 is 11.8. The molecule has 0 spiro atoms. The number of nitrogens with zero attached hydrogens (tertiary/aromatic N) is 2. The number of hydrogen-bond acceptors (Lipinski definition) is 3. The fourth-order valence-corrected chi connectivity index (χ4v) is 4.52. The second-order valence-corrected chi connectivity index (χ2v) is 9.18. The summed E-state index contributed by atoms with van der Waals surface area (Å²) < 4.78 is 38.2. The molecule has 1 aliphatic carbocycles. The molecular weight excluding hydrogens is 366 g/mol. The molecular formula is C14H15Cl2FN2O3S. The van der Waals surface area contributed by atoms with Crippen molar-refractivity contribution in [2.24, 2.45) is 5.92 Å². The molecule has 2 fully saturated rings. The lowest BCUT2D eigenvalue weighted by molar-refractivity contribution is -0.133. The smallest absolute Gasteiger partial charge is 0.243 e. The van der Waals surface area contributed by atoms with Gasteiger partial charge in [-0.1, -0.05) is 0 Å². The molecule has 9 heteroatoms. The highest BCUT2D eigenvalue weighted by atomic mass is 35.5. The van der Waals surface area contributed by atoms with Gasteiger partial charge in [0.05, 0.1) is 10.8 Å². The van der Waals surface area contributed by atoms with Crippen LogP contribution in [0.3, 0.4) is 0 Å². The van der Waals surface area contributed by atoms with E-state index in [-0.39, 0.29) is 23.9 Å². The molecule has 1 aliphatic heterocycles. The Balaban J connectivity index is 1.64. The quantitative estimate of drug-likeness (QED) is 0.751. The van der Waals surface area contributed by atoms with E-state index < -0.39 is 26.1 Å². The van der Waals surface area contributed by atoms with Crippen LogP contribution in [0.5, 0.6) is 0 Å². The van der Waals surface area contributed by atoms with Gasteiger partial charge >= 0.3 is 0 Å². The Hall–Kier alpha value is -0.890. The van der Waals surface area contributed by atoms with Gasteiger partial charge in [0.15, 0.2) is 0 Å². The van der Waals surface area contributed by atoms with Crippen LogP contribution in [0.2, 0.25) is 0 Å². The molecule has 126 valence electrons. The van der Waals surface area contributed by atoms with Crippen LogP contribution in [0.1, 0.15) is 6.42 Å². The van der Waals surface area contributed by atoms with Crippen molar-refractivity contribution in [2.45, 2.75) is 15.6 Å². The summed E-state index contributed by atoms with van der Waals surface area (Å²) in [6.07, 6.45) is 0.434. The number of rotatable bonds is 3. The molecule has 2 aliphatic rings. The van der Waals surface area contributed by atoms with Crippen molar-refractivity contribution in [3.05, 3.63) is 30.1 Å². The van der Waals surface area contributed by atoms with Gasteiger partial charge in [0.1, 0.15) is 10.2 Å². The first-order valence-corrected chi connectivity index (χ1v) is 9.34. The zero-order valence-corrected chi connectivity index (χ0v) is 14.4. The van der Waals surface area contributed by atoms with Crippen molar-refractivity contribution in [1.82, 2.24) is 9.21 Å². The van der Waals surface area contributed by atoms with Gasteiger partial charge in [-0.15, -0.1) is 23.2 Å². The maximum absolute atomic E-state index is 12.9. The number of amides is 1. The average Bonchev–Trinajstić information content (AvgIpc) is 3.16. The van der Waals surface area contributed by atoms with E-state index in [1.54, 1.807) is 4.90 Å². The summed E-state index contributed by atoms with van der Waals surface area (Å²) in [5, 5.41) is 0. The van der Waals surface area contributed by atoms with E-state index in [2.05, 4.69) is 0 Å². The highest BCUT2D eigenvalue weighted by Crippen LogP contribution is 2.53. The molecule has 1 saturated carbocycles. The summed E-state index contributed by atoms with van der Waals surface area (Å²) in [4.78, 5) is 13.8. The van der Waals surface area contributed by atoms with E-state index in [1.165, 1.54) is 16.4 Å². The Morgan fingerprint density at radius 2 is 1.65 bits per heavy atom. The lowest BCUT2D eigenvalue weighted by Crippen LogP contribution is -2.51. The van der Waals surface area contributed by atoms with Crippen molar-refractivity contribution in [1.29, 1.82) is 0 Å². The Morgan fingerprint density at radius 3 is 2.13 bits per heavy atom. The first-order valence-electron chi connectivity index (χ1n) is 7.14. The number of sulfonamides is 1. The van der Waals surface area contributed by atoms with Crippen LogP contribution in [0.15, 0.2) is 29.2 Å². The molecule has 1 atom stereocenters. The third-order valence-corrected chi connectivity index (χ3v) is 6.87. The van der Waals surface area contributed by atoms with E-state index in [0.29, 0.717) is 19.5 Å². The van der Waals surface area contributed by atoms with Crippen LogP contribution in [-0.2, 0) is 14.8 Å². The minimum absolute atomic E-state index is 0.0430. The third kappa shape index (κ3) is 3.33. The minimum atomic E-state index is -3.68. The zero-order chi connectivity index (χ0) is 16.8. The van der Waals surface area contributed by atoms with Gasteiger partial charge < -0.3 is 4.90 Å². The summed E-state index contributed by atoms with van der Waals surface area (Å²) in [6.45, 7) is 0.963. The second-order valence-electron chi connectivity index (χ2n) is 5.70. The summed E-state index contributed by atoms with van der Waals surface area (Å²) in [6, 6.07) is 4.70. The van der Waals surface area contributed by atoms with Crippen LogP contribution >= 0.6 is 23.2 Å². The molecule has 1 aromatic carbocycles. The highest BCUT2D eigenvalue weighted by Gasteiger charge is 2.57. The topological polar surface area (TPSA) is 57.7 Å². The molecule has 0 bridgehead atoms. The average molecular weight is 381 g/mol. The van der Waals surface area contributed by atoms with Gasteiger partial charge in [-0.2, -0.15) is 4.31 Å². The molecule has 1 amide bonds. The van der Waals surface area contributed by atoms with Crippen LogP contribution in [0, 0.1) is 11.7 Å². The van der Waals surface area contributed by atoms with Crippen LogP contribution in [-0.4, -0.2) is 54.0 Å². The van der Waals surface area contributed by atoms with Gasteiger partial charge in [-0.05, 0) is 30.7 Å². The second kappa shape index (κ2) is 5.88. The zero-order valence-electron chi connectivity index (χ0n) is 12.1. The van der Waals surface area contributed by atoms with Crippen molar-refractivity contribution < 1.29 is 17.6 Å². The lowest BCUT2D eigenvalue weighted by Gasteiger charge is -2.34. The van der Waals surface area contributed by atoms with Crippen molar-refractivity contribution in [3.8, 4) is 0 Å². The molecule has 1 aromatic rings. The number of alkyl halides is 2. The molecule has 3 rings (SSSR count). The van der Waals surface area contributed by atoms with Gasteiger partial charge in [-0.3, -0.25) is 4.79 Å². The molecule has 1 unspecified atom stereocenters. The fourth-order valence-electron chi connectivity index (χ4n) is 2.61. The van der Waals surface area contributed by atoms with Gasteiger partial charge in [0, 0.05) is 26.2 Å². The predicted octanol–water partition coefficient (Wildman–Crippen LogP) is 1.85. The Labute approximate surface area is 144 Å². The maximum Gasteiger partial charge on any atom is 0.243 e. The number of carbonyl (C=O) groups is 1. The first-order chi connectivity index (χ1) is 10.7. The number of hydrogen-bond donors (Lipinski definition) is 0. The molecule has 1 heterocycles. The van der Waals surface area contributed by atoms with Crippen LogP contribution < -0.4 is 0 Å². The SMILES string of the molecule is O=C(C1CC1(Cl)Cl)N1CCN(S(=O)(=O)c2ccc(F)cc2)CC1. The van der Waals surface area contributed by atoms with Crippen LogP contribution in [0.25, 0.3) is 0 Å². The van der Waals surface area contributed by atoms with Crippen molar-refractivity contribution >= 4 is 39.1 Å². The minimum Gasteiger partial charge on any atom is -0.340 e. The Kier molecular flexibility index (Phi) is 4.33. The van der Waals surface area contributed by atoms with E-state index in [4.69, 9.17) is 23.2 Å². The van der Waals surface area contributed by atoms with E-state index in [0.717, 1.165) is 12.1 Å². The largest absolute Gasteiger partial charge is 0.340 e. The number of halogens is 3. The molecule has 1 saturated heterocycles. The fraction of sp³-hybridized carbons (Fsp3) is 0.500. The monoisotopic (exact) mass is 380 g/mol. The first kappa shape index (κ1) is 17.0. The van der Waals surface area contributed by atoms with E-state index >= 15 is 0 Å². The molecule has 5 nitrogen and oxygen atoms in total. The van der Waals surface area contributed by atoms with Crippen LogP contribution in [0.4, 0.5) is 4.39 Å². The molecule has 0 N–H and O–H groups in total. The Bertz CT molecular complexity index is 716. The third-order valence-electron chi connectivity index (χ3n) is 4.13. The van der Waals surface area contributed by atoms with Gasteiger partial charge in [0.2, 0.25) is 15.9 Å². The lowest BCUT2D eigenvalue weighted by atomic mass is 10.3. The number of benzene rings is 1. The van der Waals surface area contributed by atoms with Crippen molar-refractivity contribution in [2.75, 3.05) is 26.2 Å². The number of piperazine rings is 1. The molecule has 0 radical (unpaired) electrons. The summed E-state index contributed by atoms with van der Waals surface area (Å²) in [5.41, 5.74) is 0. The summed E-state index contributed by atoms with van der Waals surface area (Å²) in [5.74, 6) is -1.02. The van der Waals surface area contributed by atoms with Gasteiger partial charge in [0.25, 0.3) is 0 Å². The highest BCUT2D eigenvalue weighted by molar-refractivity contribution is 7.89.